The van der Waals surface area contributed by atoms with Crippen LogP contribution in [0.15, 0.2) is 72.8 Å². The number of hydrogen-bond donors (Lipinski definition) is 0. The summed E-state index contributed by atoms with van der Waals surface area (Å²) in [6, 6.07) is 23.7. The normalized spacial score (nSPS) is 11.0. The zero-order chi connectivity index (χ0) is 20.1. The summed E-state index contributed by atoms with van der Waals surface area (Å²) in [6.07, 6.45) is 1.91. The van der Waals surface area contributed by atoms with E-state index in [9.17, 15) is 0 Å². The number of hydrogen-bond acceptors (Lipinski definition) is 3. The highest BCUT2D eigenvalue weighted by molar-refractivity contribution is 6.33. The van der Waals surface area contributed by atoms with Crippen LogP contribution in [0.3, 0.4) is 0 Å². The summed E-state index contributed by atoms with van der Waals surface area (Å²) in [6.45, 7) is 1.50. The Morgan fingerprint density at radius 1 is 0.897 bits per heavy atom. The number of imidazole rings is 1. The third kappa shape index (κ3) is 4.38. The lowest BCUT2D eigenvalue weighted by Crippen LogP contribution is -2.04. The zero-order valence-electron chi connectivity index (χ0n) is 16.3. The number of rotatable bonds is 8. The predicted molar refractivity (Wildman–Crippen MR) is 118 cm³/mol. The van der Waals surface area contributed by atoms with Crippen LogP contribution in [-0.4, -0.2) is 23.3 Å². The smallest absolute Gasteiger partial charge is 0.142 e. The Morgan fingerprint density at radius 3 is 2.55 bits per heavy atom. The molecule has 1 heterocycles. The Kier molecular flexibility index (Phi) is 6.01. The number of ether oxygens (including phenoxy) is 2. The Morgan fingerprint density at radius 2 is 1.69 bits per heavy atom. The quantitative estimate of drug-likeness (QED) is 0.326. The molecule has 0 aliphatic heterocycles. The van der Waals surface area contributed by atoms with Crippen molar-refractivity contribution in [2.45, 2.75) is 19.4 Å². The second-order valence-electron chi connectivity index (χ2n) is 6.79. The molecule has 0 saturated carbocycles. The van der Waals surface area contributed by atoms with Crippen molar-refractivity contribution in [3.05, 3.63) is 77.8 Å². The highest BCUT2D eigenvalue weighted by Crippen LogP contribution is 2.30. The number of halogens is 1. The Hall–Kier alpha value is -2.98. The molecule has 0 radical (unpaired) electrons. The number of nitrogens with zero attached hydrogens (tertiary/aromatic N) is 2. The van der Waals surface area contributed by atoms with Crippen molar-refractivity contribution < 1.29 is 9.47 Å². The van der Waals surface area contributed by atoms with E-state index in [-0.39, 0.29) is 0 Å². The van der Waals surface area contributed by atoms with Crippen LogP contribution in [0, 0.1) is 0 Å². The lowest BCUT2D eigenvalue weighted by molar-refractivity contribution is 0.301. The maximum atomic E-state index is 6.45. The minimum Gasteiger partial charge on any atom is -0.497 e. The van der Waals surface area contributed by atoms with Crippen molar-refractivity contribution in [1.29, 1.82) is 0 Å². The Bertz CT molecular complexity index is 1110. The van der Waals surface area contributed by atoms with Crippen molar-refractivity contribution in [3.63, 3.8) is 0 Å². The number of para-hydroxylation sites is 2. The third-order valence-electron chi connectivity index (χ3n) is 4.86. The van der Waals surface area contributed by atoms with Crippen LogP contribution in [0.2, 0.25) is 5.02 Å². The lowest BCUT2D eigenvalue weighted by Gasteiger charge is -2.11. The second kappa shape index (κ2) is 9.01. The molecule has 0 bridgehead atoms. The van der Waals surface area contributed by atoms with Gasteiger partial charge in [-0.3, -0.25) is 0 Å². The van der Waals surface area contributed by atoms with E-state index in [1.54, 1.807) is 7.11 Å². The van der Waals surface area contributed by atoms with Crippen LogP contribution in [-0.2, 0) is 6.54 Å². The van der Waals surface area contributed by atoms with E-state index in [0.29, 0.717) is 11.6 Å². The molecule has 0 fully saturated rings. The third-order valence-corrected chi connectivity index (χ3v) is 5.18. The fourth-order valence-corrected chi connectivity index (χ4v) is 3.62. The van der Waals surface area contributed by atoms with Gasteiger partial charge in [-0.1, -0.05) is 41.9 Å². The molecule has 29 heavy (non-hydrogen) atoms. The first kappa shape index (κ1) is 19.3. The van der Waals surface area contributed by atoms with Crippen LogP contribution in [0.5, 0.6) is 11.5 Å². The maximum Gasteiger partial charge on any atom is 0.142 e. The largest absolute Gasteiger partial charge is 0.497 e. The molecule has 0 atom stereocenters. The number of aryl methyl sites for hydroxylation is 1. The maximum absolute atomic E-state index is 6.45. The van der Waals surface area contributed by atoms with Gasteiger partial charge in [0.15, 0.2) is 0 Å². The Labute approximate surface area is 175 Å². The van der Waals surface area contributed by atoms with Gasteiger partial charge in [0.1, 0.15) is 17.3 Å². The Balaban J connectivity index is 1.46. The highest BCUT2D eigenvalue weighted by Gasteiger charge is 2.14. The lowest BCUT2D eigenvalue weighted by atomic mass is 10.2. The van der Waals surface area contributed by atoms with Gasteiger partial charge in [0.2, 0.25) is 0 Å². The summed E-state index contributed by atoms with van der Waals surface area (Å²) < 4.78 is 13.4. The van der Waals surface area contributed by atoms with Crippen molar-refractivity contribution in [2.75, 3.05) is 13.7 Å². The molecular weight excluding hydrogens is 384 g/mol. The van der Waals surface area contributed by atoms with E-state index in [4.69, 9.17) is 26.1 Å². The van der Waals surface area contributed by atoms with Crippen molar-refractivity contribution in [3.8, 4) is 22.9 Å². The van der Waals surface area contributed by atoms with Crippen LogP contribution in [0.1, 0.15) is 12.8 Å². The van der Waals surface area contributed by atoms with Crippen LogP contribution < -0.4 is 9.47 Å². The minimum absolute atomic E-state index is 0.654. The zero-order valence-corrected chi connectivity index (χ0v) is 17.1. The van der Waals surface area contributed by atoms with Gasteiger partial charge in [-0.15, -0.1) is 0 Å². The van der Waals surface area contributed by atoms with Crippen LogP contribution >= 0.6 is 11.6 Å². The average Bonchev–Trinajstić information content (AvgIpc) is 3.12. The first-order valence-corrected chi connectivity index (χ1v) is 10.1. The fourth-order valence-electron chi connectivity index (χ4n) is 3.40. The molecule has 0 unspecified atom stereocenters. The van der Waals surface area contributed by atoms with E-state index in [0.717, 1.165) is 53.3 Å². The molecule has 4 aromatic rings. The molecule has 148 valence electrons. The van der Waals surface area contributed by atoms with E-state index in [2.05, 4.69) is 10.6 Å². The minimum atomic E-state index is 0.654. The van der Waals surface area contributed by atoms with Crippen LogP contribution in [0.25, 0.3) is 22.4 Å². The molecule has 0 aliphatic rings. The summed E-state index contributed by atoms with van der Waals surface area (Å²) in [5, 5.41) is 0.713. The summed E-state index contributed by atoms with van der Waals surface area (Å²) >= 11 is 6.45. The van der Waals surface area contributed by atoms with Crippen molar-refractivity contribution >= 4 is 22.6 Å². The highest BCUT2D eigenvalue weighted by atomic mass is 35.5. The van der Waals surface area contributed by atoms with Gasteiger partial charge in [0.05, 0.1) is 29.8 Å². The van der Waals surface area contributed by atoms with Gasteiger partial charge in [-0.2, -0.15) is 0 Å². The number of aromatic nitrogens is 2. The molecule has 3 aromatic carbocycles. The first-order valence-electron chi connectivity index (χ1n) is 9.73. The van der Waals surface area contributed by atoms with Crippen molar-refractivity contribution in [2.24, 2.45) is 0 Å². The molecule has 0 saturated heterocycles. The second-order valence-corrected chi connectivity index (χ2v) is 7.20. The molecular formula is C24H23ClN2O2. The number of unbranched alkanes of at least 4 members (excludes halogenated alkanes) is 1. The molecule has 0 spiro atoms. The molecule has 5 heteroatoms. The predicted octanol–water partition coefficient (Wildman–Crippen LogP) is 6.22. The van der Waals surface area contributed by atoms with Gasteiger partial charge in [0.25, 0.3) is 0 Å². The number of methoxy groups -OCH3 is 1. The number of fused-ring (bicyclic) bond motifs is 1. The fraction of sp³-hybridized carbons (Fsp3) is 0.208. The molecule has 4 rings (SSSR count). The van der Waals surface area contributed by atoms with E-state index in [1.807, 2.05) is 66.7 Å². The summed E-state index contributed by atoms with van der Waals surface area (Å²) in [5.74, 6) is 2.54. The summed E-state index contributed by atoms with van der Waals surface area (Å²) in [7, 11) is 1.66. The monoisotopic (exact) mass is 406 g/mol. The molecule has 0 amide bonds. The van der Waals surface area contributed by atoms with E-state index in [1.165, 1.54) is 0 Å². The van der Waals surface area contributed by atoms with Crippen LogP contribution in [0.4, 0.5) is 0 Å². The molecule has 1 aromatic heterocycles. The topological polar surface area (TPSA) is 36.3 Å². The summed E-state index contributed by atoms with van der Waals surface area (Å²) in [4.78, 5) is 4.84. The molecule has 4 nitrogen and oxygen atoms in total. The van der Waals surface area contributed by atoms with Gasteiger partial charge in [0, 0.05) is 18.2 Å². The standard InChI is InChI=1S/C24H23ClN2O2/c1-28-18-9-8-10-19(17-18)29-16-7-6-15-27-23-14-5-4-13-22(23)26-24(27)20-11-2-3-12-21(20)25/h2-5,8-14,17H,6-7,15-16H2,1H3. The number of benzene rings is 3. The van der Waals surface area contributed by atoms with Gasteiger partial charge in [-0.25, -0.2) is 4.98 Å². The van der Waals surface area contributed by atoms with E-state index < -0.39 is 0 Å². The van der Waals surface area contributed by atoms with E-state index >= 15 is 0 Å². The first-order chi connectivity index (χ1) is 14.3. The van der Waals surface area contributed by atoms with Gasteiger partial charge >= 0.3 is 0 Å². The van der Waals surface area contributed by atoms with Gasteiger partial charge < -0.3 is 14.0 Å². The SMILES string of the molecule is COc1cccc(OCCCCn2c(-c3ccccc3Cl)nc3ccccc32)c1. The van der Waals surface area contributed by atoms with Crippen molar-refractivity contribution in [1.82, 2.24) is 9.55 Å². The molecule has 0 N–H and O–H groups in total. The molecule has 0 aliphatic carbocycles. The average molecular weight is 407 g/mol. The summed E-state index contributed by atoms with van der Waals surface area (Å²) in [5.41, 5.74) is 3.06. The van der Waals surface area contributed by atoms with Gasteiger partial charge in [-0.05, 0) is 49.2 Å².